The third-order valence-corrected chi connectivity index (χ3v) is 3.81. The molecular formula is C18H16FNO. The number of hydrogen-bond donors (Lipinski definition) is 1. The van der Waals surface area contributed by atoms with Gasteiger partial charge in [-0.3, -0.25) is 4.79 Å². The quantitative estimate of drug-likeness (QED) is 0.692. The van der Waals surface area contributed by atoms with Crippen molar-refractivity contribution in [2.75, 3.05) is 0 Å². The highest BCUT2D eigenvalue weighted by Crippen LogP contribution is 2.28. The van der Waals surface area contributed by atoms with Gasteiger partial charge in [0, 0.05) is 29.1 Å². The van der Waals surface area contributed by atoms with Crippen LogP contribution in [0.2, 0.25) is 0 Å². The van der Waals surface area contributed by atoms with Crippen LogP contribution < -0.4 is 0 Å². The zero-order valence-electron chi connectivity index (χ0n) is 11.8. The molecule has 0 saturated heterocycles. The lowest BCUT2D eigenvalue weighted by Crippen LogP contribution is -2.04. The SMILES string of the molecule is CC(CC(=O)c1ccc(F)cc1)c1c[nH]c2ccccc12. The van der Waals surface area contributed by atoms with Crippen molar-refractivity contribution in [2.45, 2.75) is 19.3 Å². The van der Waals surface area contributed by atoms with Gasteiger partial charge in [0.05, 0.1) is 0 Å². The first kappa shape index (κ1) is 13.6. The number of Topliss-reactive ketones (excluding diaryl/α,β-unsaturated/α-hetero) is 1. The Labute approximate surface area is 122 Å². The number of hydrogen-bond acceptors (Lipinski definition) is 1. The molecule has 1 aromatic heterocycles. The Hall–Kier alpha value is -2.42. The van der Waals surface area contributed by atoms with Gasteiger partial charge in [0.15, 0.2) is 5.78 Å². The number of benzene rings is 2. The van der Waals surface area contributed by atoms with Crippen LogP contribution in [0.3, 0.4) is 0 Å². The van der Waals surface area contributed by atoms with E-state index in [4.69, 9.17) is 0 Å². The van der Waals surface area contributed by atoms with E-state index in [1.165, 1.54) is 12.1 Å². The molecule has 0 spiro atoms. The van der Waals surface area contributed by atoms with Gasteiger partial charge >= 0.3 is 0 Å². The minimum atomic E-state index is -0.323. The Balaban J connectivity index is 1.81. The number of halogens is 1. The van der Waals surface area contributed by atoms with Crippen LogP contribution in [0.1, 0.15) is 35.2 Å². The molecule has 106 valence electrons. The Morgan fingerprint density at radius 1 is 1.14 bits per heavy atom. The van der Waals surface area contributed by atoms with Gasteiger partial charge < -0.3 is 4.98 Å². The lowest BCUT2D eigenvalue weighted by atomic mass is 9.93. The zero-order valence-corrected chi connectivity index (χ0v) is 11.8. The van der Waals surface area contributed by atoms with E-state index in [9.17, 15) is 9.18 Å². The van der Waals surface area contributed by atoms with Crippen molar-refractivity contribution >= 4 is 16.7 Å². The van der Waals surface area contributed by atoms with Crippen molar-refractivity contribution < 1.29 is 9.18 Å². The summed E-state index contributed by atoms with van der Waals surface area (Å²) in [4.78, 5) is 15.5. The van der Waals surface area contributed by atoms with Crippen molar-refractivity contribution in [3.63, 3.8) is 0 Å². The predicted octanol–water partition coefficient (Wildman–Crippen LogP) is 4.68. The minimum Gasteiger partial charge on any atom is -0.361 e. The number of para-hydroxylation sites is 1. The normalized spacial score (nSPS) is 12.5. The molecule has 1 unspecified atom stereocenters. The van der Waals surface area contributed by atoms with Crippen LogP contribution in [0.25, 0.3) is 10.9 Å². The molecule has 2 aromatic carbocycles. The highest BCUT2D eigenvalue weighted by molar-refractivity contribution is 5.97. The number of rotatable bonds is 4. The summed E-state index contributed by atoms with van der Waals surface area (Å²) in [5.41, 5.74) is 2.78. The minimum absolute atomic E-state index is 0.0350. The van der Waals surface area contributed by atoms with Crippen LogP contribution in [0.4, 0.5) is 4.39 Å². The third-order valence-electron chi connectivity index (χ3n) is 3.81. The molecular weight excluding hydrogens is 265 g/mol. The molecule has 0 aliphatic heterocycles. The zero-order chi connectivity index (χ0) is 14.8. The number of carbonyl (C=O) groups is 1. The summed E-state index contributed by atoms with van der Waals surface area (Å²) in [6, 6.07) is 13.8. The van der Waals surface area contributed by atoms with Crippen LogP contribution in [-0.4, -0.2) is 10.8 Å². The number of fused-ring (bicyclic) bond motifs is 1. The summed E-state index contributed by atoms with van der Waals surface area (Å²) < 4.78 is 12.9. The molecule has 1 heterocycles. The smallest absolute Gasteiger partial charge is 0.163 e. The van der Waals surface area contributed by atoms with Crippen molar-refractivity contribution in [1.82, 2.24) is 4.98 Å². The molecule has 0 radical (unpaired) electrons. The third kappa shape index (κ3) is 2.72. The topological polar surface area (TPSA) is 32.9 Å². The van der Waals surface area contributed by atoms with Gasteiger partial charge in [0.1, 0.15) is 5.82 Å². The number of ketones is 1. The van der Waals surface area contributed by atoms with Gasteiger partial charge in [-0.2, -0.15) is 0 Å². The molecule has 0 bridgehead atoms. The highest BCUT2D eigenvalue weighted by atomic mass is 19.1. The van der Waals surface area contributed by atoms with Crippen LogP contribution in [0.15, 0.2) is 54.7 Å². The fourth-order valence-electron chi connectivity index (χ4n) is 2.64. The molecule has 2 nitrogen and oxygen atoms in total. The van der Waals surface area contributed by atoms with E-state index in [1.807, 2.05) is 31.3 Å². The lowest BCUT2D eigenvalue weighted by Gasteiger charge is -2.10. The summed E-state index contributed by atoms with van der Waals surface area (Å²) in [6.45, 7) is 2.04. The monoisotopic (exact) mass is 281 g/mol. The van der Waals surface area contributed by atoms with Gasteiger partial charge in [-0.1, -0.05) is 25.1 Å². The number of carbonyl (C=O) groups excluding carboxylic acids is 1. The largest absolute Gasteiger partial charge is 0.361 e. The molecule has 1 N–H and O–H groups in total. The maximum Gasteiger partial charge on any atom is 0.163 e. The molecule has 21 heavy (non-hydrogen) atoms. The Morgan fingerprint density at radius 2 is 1.86 bits per heavy atom. The van der Waals surface area contributed by atoms with Gasteiger partial charge in [0.2, 0.25) is 0 Å². The standard InChI is InChI=1S/C18H16FNO/c1-12(10-18(21)13-6-8-14(19)9-7-13)16-11-20-17-5-3-2-4-15(16)17/h2-9,11-12,20H,10H2,1H3. The fraction of sp³-hybridized carbons (Fsp3) is 0.167. The Kier molecular flexibility index (Phi) is 3.57. The lowest BCUT2D eigenvalue weighted by molar-refractivity contribution is 0.0976. The van der Waals surface area contributed by atoms with Crippen molar-refractivity contribution in [1.29, 1.82) is 0 Å². The molecule has 3 heteroatoms. The van der Waals surface area contributed by atoms with Crippen LogP contribution in [-0.2, 0) is 0 Å². The van der Waals surface area contributed by atoms with Crippen LogP contribution in [0, 0.1) is 5.82 Å². The summed E-state index contributed by atoms with van der Waals surface area (Å²) >= 11 is 0. The molecule has 3 aromatic rings. The first-order valence-electron chi connectivity index (χ1n) is 7.00. The van der Waals surface area contributed by atoms with Crippen molar-refractivity contribution in [3.8, 4) is 0 Å². The summed E-state index contributed by atoms with van der Waals surface area (Å²) in [7, 11) is 0. The van der Waals surface area contributed by atoms with E-state index in [1.54, 1.807) is 12.1 Å². The number of aromatic nitrogens is 1. The highest BCUT2D eigenvalue weighted by Gasteiger charge is 2.16. The fourth-order valence-corrected chi connectivity index (χ4v) is 2.64. The molecule has 0 aliphatic carbocycles. The van der Waals surface area contributed by atoms with Crippen LogP contribution >= 0.6 is 0 Å². The maximum atomic E-state index is 12.9. The Bertz CT molecular complexity index is 773. The van der Waals surface area contributed by atoms with Crippen molar-refractivity contribution in [3.05, 3.63) is 71.7 Å². The van der Waals surface area contributed by atoms with E-state index < -0.39 is 0 Å². The first-order valence-corrected chi connectivity index (χ1v) is 7.00. The van der Waals surface area contributed by atoms with Gasteiger partial charge in [-0.15, -0.1) is 0 Å². The van der Waals surface area contributed by atoms with E-state index >= 15 is 0 Å². The second-order valence-corrected chi connectivity index (χ2v) is 5.32. The molecule has 0 aliphatic rings. The van der Waals surface area contributed by atoms with Gasteiger partial charge in [-0.25, -0.2) is 4.39 Å². The maximum absolute atomic E-state index is 12.9. The molecule has 0 saturated carbocycles. The summed E-state index contributed by atoms with van der Waals surface area (Å²) in [5.74, 6) is -0.178. The number of nitrogens with one attached hydrogen (secondary N) is 1. The van der Waals surface area contributed by atoms with Gasteiger partial charge in [0.25, 0.3) is 0 Å². The molecule has 3 rings (SSSR count). The average molecular weight is 281 g/mol. The second kappa shape index (κ2) is 5.52. The molecule has 0 fully saturated rings. The average Bonchev–Trinajstić information content (AvgIpc) is 2.92. The van der Waals surface area contributed by atoms with E-state index in [0.29, 0.717) is 12.0 Å². The first-order chi connectivity index (χ1) is 10.1. The van der Waals surface area contributed by atoms with E-state index in [2.05, 4.69) is 11.1 Å². The van der Waals surface area contributed by atoms with Crippen molar-refractivity contribution in [2.24, 2.45) is 0 Å². The molecule has 1 atom stereocenters. The molecule has 0 amide bonds. The second-order valence-electron chi connectivity index (χ2n) is 5.32. The number of H-pyrrole nitrogens is 1. The van der Waals surface area contributed by atoms with Crippen LogP contribution in [0.5, 0.6) is 0 Å². The Morgan fingerprint density at radius 3 is 2.62 bits per heavy atom. The van der Waals surface area contributed by atoms with E-state index in [0.717, 1.165) is 16.5 Å². The number of aromatic amines is 1. The summed E-state index contributed by atoms with van der Waals surface area (Å²) in [6.07, 6.45) is 2.38. The van der Waals surface area contributed by atoms with E-state index in [-0.39, 0.29) is 17.5 Å². The van der Waals surface area contributed by atoms with Gasteiger partial charge in [-0.05, 0) is 41.8 Å². The summed E-state index contributed by atoms with van der Waals surface area (Å²) in [5, 5.41) is 1.15. The predicted molar refractivity (Wildman–Crippen MR) is 82.1 cm³/mol.